The average molecular weight is 469 g/mol. The van der Waals surface area contributed by atoms with E-state index in [9.17, 15) is 4.79 Å². The second-order valence-corrected chi connectivity index (χ2v) is 10.4. The minimum atomic E-state index is -0.416. The lowest BCUT2D eigenvalue weighted by molar-refractivity contribution is -0.0349. The first-order valence-electron chi connectivity index (χ1n) is 12.0. The number of fused-ring (bicyclic) bond motifs is 4. The Bertz CT molecular complexity index is 1070. The summed E-state index contributed by atoms with van der Waals surface area (Å²) in [7, 11) is 3.13. The van der Waals surface area contributed by atoms with E-state index in [1.807, 2.05) is 12.1 Å². The van der Waals surface area contributed by atoms with Crippen LogP contribution in [0.5, 0.6) is 11.5 Å². The molecule has 3 fully saturated rings. The number of hydrogen-bond donors (Lipinski definition) is 1. The summed E-state index contributed by atoms with van der Waals surface area (Å²) < 4.78 is 32.4. The normalized spacial score (nSPS) is 26.6. The van der Waals surface area contributed by atoms with Gasteiger partial charge >= 0.3 is 6.09 Å². The fourth-order valence-corrected chi connectivity index (χ4v) is 5.98. The quantitative estimate of drug-likeness (QED) is 0.673. The summed E-state index contributed by atoms with van der Waals surface area (Å²) in [4.78, 5) is 15.3. The zero-order valence-electron chi connectivity index (χ0n) is 20.3. The van der Waals surface area contributed by atoms with Crippen LogP contribution in [0.2, 0.25) is 0 Å². The Morgan fingerprint density at radius 2 is 1.79 bits per heavy atom. The molecule has 1 aliphatic carbocycles. The Morgan fingerprint density at radius 3 is 2.38 bits per heavy atom. The van der Waals surface area contributed by atoms with Crippen molar-refractivity contribution in [1.29, 1.82) is 0 Å². The molecule has 1 amide bonds. The molecular formula is C27H33FN2O4. The summed E-state index contributed by atoms with van der Waals surface area (Å²) in [6.45, 7) is 7.17. The number of hydrogen-bond acceptors (Lipinski definition) is 5. The predicted octanol–water partition coefficient (Wildman–Crippen LogP) is 4.95. The molecule has 2 atom stereocenters. The van der Waals surface area contributed by atoms with E-state index in [2.05, 4.69) is 24.1 Å². The number of methoxy groups -OCH3 is 2. The van der Waals surface area contributed by atoms with Crippen LogP contribution in [0.4, 0.5) is 9.18 Å². The van der Waals surface area contributed by atoms with Gasteiger partial charge in [0.2, 0.25) is 0 Å². The maximum Gasteiger partial charge on any atom is 0.407 e. The molecule has 1 N–H and O–H groups in total. The van der Waals surface area contributed by atoms with Gasteiger partial charge in [-0.25, -0.2) is 9.18 Å². The maximum absolute atomic E-state index is 15.5. The van der Waals surface area contributed by atoms with Gasteiger partial charge in [0.15, 0.2) is 0 Å². The van der Waals surface area contributed by atoms with Gasteiger partial charge in [0, 0.05) is 12.1 Å². The van der Waals surface area contributed by atoms with Gasteiger partial charge in [-0.2, -0.15) is 0 Å². The smallest absolute Gasteiger partial charge is 0.407 e. The molecule has 0 spiro atoms. The van der Waals surface area contributed by atoms with Crippen LogP contribution in [-0.4, -0.2) is 51.0 Å². The molecule has 2 aromatic carbocycles. The standard InChI is InChI=1S/C27H33FN2O4/c1-27(2)14-17-12-19(24-21(32-3)6-5-7-22(24)33-4)20(28)13-18(17)25(27)29-26(31)34-23-15-30-10-8-16(23)9-11-30/h5-7,12-13,16,23,25H,8-11,14-15H2,1-4H3,(H,29,31)/t23-,25?/m1/s1. The lowest BCUT2D eigenvalue weighted by Gasteiger charge is -2.44. The number of alkyl carbamates (subject to hydrolysis) is 1. The van der Waals surface area contributed by atoms with Crippen LogP contribution in [0.1, 0.15) is 43.9 Å². The molecule has 3 heterocycles. The number of carbonyl (C=O) groups is 1. The highest BCUT2D eigenvalue weighted by molar-refractivity contribution is 5.78. The second-order valence-electron chi connectivity index (χ2n) is 10.4. The van der Waals surface area contributed by atoms with Gasteiger partial charge in [0.25, 0.3) is 0 Å². The lowest BCUT2D eigenvalue weighted by Crippen LogP contribution is -2.53. The van der Waals surface area contributed by atoms with Gasteiger partial charge in [0.05, 0.1) is 25.8 Å². The van der Waals surface area contributed by atoms with Gasteiger partial charge in [0.1, 0.15) is 23.4 Å². The van der Waals surface area contributed by atoms with Crippen molar-refractivity contribution < 1.29 is 23.4 Å². The molecule has 3 saturated heterocycles. The van der Waals surface area contributed by atoms with Crippen LogP contribution in [-0.2, 0) is 11.2 Å². The highest BCUT2D eigenvalue weighted by Crippen LogP contribution is 2.49. The predicted molar refractivity (Wildman–Crippen MR) is 128 cm³/mol. The Kier molecular flexibility index (Phi) is 5.92. The molecule has 182 valence electrons. The van der Waals surface area contributed by atoms with Gasteiger partial charge in [-0.05, 0) is 79.1 Å². The van der Waals surface area contributed by atoms with Crippen molar-refractivity contribution >= 4 is 6.09 Å². The summed E-state index contributed by atoms with van der Waals surface area (Å²) >= 11 is 0. The van der Waals surface area contributed by atoms with E-state index in [4.69, 9.17) is 14.2 Å². The van der Waals surface area contributed by atoms with E-state index < -0.39 is 6.09 Å². The molecule has 7 heteroatoms. The second kappa shape index (κ2) is 8.77. The fourth-order valence-electron chi connectivity index (χ4n) is 5.98. The SMILES string of the molecule is COc1cccc(OC)c1-c1cc2c(cc1F)C(NC(=O)O[C@@H]1CN3CCC1CC3)C(C)(C)C2. The van der Waals surface area contributed by atoms with Crippen LogP contribution in [0, 0.1) is 17.2 Å². The number of halogens is 1. The van der Waals surface area contributed by atoms with E-state index in [1.54, 1.807) is 32.4 Å². The minimum Gasteiger partial charge on any atom is -0.496 e. The average Bonchev–Trinajstić information content (AvgIpc) is 3.07. The van der Waals surface area contributed by atoms with Crippen LogP contribution < -0.4 is 14.8 Å². The third-order valence-electron chi connectivity index (χ3n) is 7.78. The first-order chi connectivity index (χ1) is 16.3. The van der Waals surface area contributed by atoms with E-state index in [0.717, 1.165) is 43.6 Å². The molecule has 2 bridgehead atoms. The summed E-state index contributed by atoms with van der Waals surface area (Å²) in [6, 6.07) is 8.49. The van der Waals surface area contributed by atoms with E-state index >= 15 is 4.39 Å². The highest BCUT2D eigenvalue weighted by Gasteiger charge is 2.42. The maximum atomic E-state index is 15.5. The number of nitrogens with one attached hydrogen (secondary N) is 1. The van der Waals surface area contributed by atoms with Crippen molar-refractivity contribution in [2.45, 2.75) is 45.3 Å². The third kappa shape index (κ3) is 4.00. The summed E-state index contributed by atoms with van der Waals surface area (Å²) in [5.74, 6) is 1.16. The topological polar surface area (TPSA) is 60.0 Å². The van der Waals surface area contributed by atoms with Crippen LogP contribution in [0.3, 0.4) is 0 Å². The van der Waals surface area contributed by atoms with Crippen LogP contribution >= 0.6 is 0 Å². The number of ether oxygens (including phenoxy) is 3. The first kappa shape index (κ1) is 23.0. The number of carbonyl (C=O) groups excluding carboxylic acids is 1. The monoisotopic (exact) mass is 468 g/mol. The van der Waals surface area contributed by atoms with E-state index in [0.29, 0.717) is 35.0 Å². The Balaban J connectivity index is 1.42. The van der Waals surface area contributed by atoms with Gasteiger partial charge < -0.3 is 19.5 Å². The number of nitrogens with zero attached hydrogens (tertiary/aromatic N) is 1. The summed E-state index contributed by atoms with van der Waals surface area (Å²) in [5, 5.41) is 3.07. The number of rotatable bonds is 5. The Hall–Kier alpha value is -2.80. The van der Waals surface area contributed by atoms with Crippen molar-refractivity contribution in [2.24, 2.45) is 11.3 Å². The molecule has 0 saturated carbocycles. The zero-order valence-corrected chi connectivity index (χ0v) is 20.3. The van der Waals surface area contributed by atoms with Gasteiger partial charge in [-0.3, -0.25) is 4.90 Å². The molecule has 3 aliphatic heterocycles. The Morgan fingerprint density at radius 1 is 1.12 bits per heavy atom. The zero-order chi connectivity index (χ0) is 24.0. The molecule has 2 aromatic rings. The lowest BCUT2D eigenvalue weighted by atomic mass is 9.85. The summed E-state index contributed by atoms with van der Waals surface area (Å²) in [6.07, 6.45) is 2.38. The molecule has 0 radical (unpaired) electrons. The fraction of sp³-hybridized carbons (Fsp3) is 0.519. The Labute approximate surface area is 200 Å². The van der Waals surface area contributed by atoms with Crippen LogP contribution in [0.25, 0.3) is 11.1 Å². The van der Waals surface area contributed by atoms with E-state index in [1.165, 1.54) is 0 Å². The van der Waals surface area contributed by atoms with E-state index in [-0.39, 0.29) is 23.4 Å². The van der Waals surface area contributed by atoms with Crippen molar-refractivity contribution in [2.75, 3.05) is 33.9 Å². The minimum absolute atomic E-state index is 0.0661. The molecular weight excluding hydrogens is 435 g/mol. The van der Waals surface area contributed by atoms with Gasteiger partial charge in [-0.15, -0.1) is 0 Å². The van der Waals surface area contributed by atoms with Crippen molar-refractivity contribution in [3.05, 3.63) is 47.3 Å². The first-order valence-corrected chi connectivity index (χ1v) is 12.0. The molecule has 6 nitrogen and oxygen atoms in total. The third-order valence-corrected chi connectivity index (χ3v) is 7.78. The van der Waals surface area contributed by atoms with Crippen molar-refractivity contribution in [3.8, 4) is 22.6 Å². The van der Waals surface area contributed by atoms with Crippen LogP contribution in [0.15, 0.2) is 30.3 Å². The molecule has 6 rings (SSSR count). The molecule has 1 unspecified atom stereocenters. The largest absolute Gasteiger partial charge is 0.496 e. The molecule has 0 aromatic heterocycles. The molecule has 34 heavy (non-hydrogen) atoms. The summed E-state index contributed by atoms with van der Waals surface area (Å²) in [5.41, 5.74) is 2.53. The van der Waals surface area contributed by atoms with Crippen molar-refractivity contribution in [1.82, 2.24) is 10.2 Å². The number of amides is 1. The van der Waals surface area contributed by atoms with Crippen molar-refractivity contribution in [3.63, 3.8) is 0 Å². The molecule has 4 aliphatic rings. The number of piperidine rings is 3. The number of benzene rings is 2. The van der Waals surface area contributed by atoms with Gasteiger partial charge in [-0.1, -0.05) is 19.9 Å². The highest BCUT2D eigenvalue weighted by atomic mass is 19.1.